The summed E-state index contributed by atoms with van der Waals surface area (Å²) < 4.78 is 10.9. The monoisotopic (exact) mass is 358 g/mol. The molecule has 1 spiro atoms. The van der Waals surface area contributed by atoms with Gasteiger partial charge in [0.05, 0.1) is 7.11 Å². The number of carbonyl (C=O) groups excluding carboxylic acids is 1. The molecular weight excluding hydrogens is 328 g/mol. The third-order valence-corrected chi connectivity index (χ3v) is 6.40. The number of carbonyl (C=O) groups is 1. The summed E-state index contributed by atoms with van der Waals surface area (Å²) in [4.78, 5) is 17.2. The maximum Gasteiger partial charge on any atom is 0.251 e. The van der Waals surface area contributed by atoms with Crippen molar-refractivity contribution in [2.45, 2.75) is 44.8 Å². The number of nitrogens with zero attached hydrogens (tertiary/aromatic N) is 2. The smallest absolute Gasteiger partial charge is 0.251 e. The highest BCUT2D eigenvalue weighted by Gasteiger charge is 2.42. The first-order chi connectivity index (χ1) is 12.7. The number of rotatable bonds is 4. The maximum atomic E-state index is 12.5. The van der Waals surface area contributed by atoms with Gasteiger partial charge in [0.2, 0.25) is 0 Å². The van der Waals surface area contributed by atoms with Crippen LogP contribution >= 0.6 is 0 Å². The molecule has 1 amide bonds. The average molecular weight is 358 g/mol. The first-order valence-corrected chi connectivity index (χ1v) is 9.93. The van der Waals surface area contributed by atoms with E-state index in [0.717, 1.165) is 70.8 Å². The number of likely N-dealkylation sites (tertiary alicyclic amines) is 2. The number of hydrogen-bond acceptors (Lipinski definition) is 4. The van der Waals surface area contributed by atoms with Gasteiger partial charge in [-0.15, -0.1) is 0 Å². The lowest BCUT2D eigenvalue weighted by atomic mass is 9.77. The molecule has 3 saturated heterocycles. The van der Waals surface area contributed by atoms with E-state index in [1.54, 1.807) is 7.11 Å². The quantitative estimate of drug-likeness (QED) is 0.830. The van der Waals surface area contributed by atoms with Gasteiger partial charge in [0.1, 0.15) is 11.9 Å². The highest BCUT2D eigenvalue weighted by molar-refractivity contribution is 5.81. The molecule has 0 saturated carbocycles. The lowest BCUT2D eigenvalue weighted by Gasteiger charge is -2.40. The molecule has 5 heteroatoms. The van der Waals surface area contributed by atoms with E-state index >= 15 is 0 Å². The van der Waals surface area contributed by atoms with Crippen molar-refractivity contribution in [2.24, 2.45) is 5.41 Å². The van der Waals surface area contributed by atoms with Crippen LogP contribution in [-0.4, -0.2) is 61.7 Å². The van der Waals surface area contributed by atoms with E-state index in [4.69, 9.17) is 9.47 Å². The number of benzene rings is 1. The molecule has 0 bridgehead atoms. The standard InChI is InChI=1S/C21H30N2O3/c1-25-18-5-2-4-17(14-18)15-22-10-7-21(16-22)8-11-23(12-9-21)20(24)19-6-3-13-26-19/h2,4-5,14,19H,3,6-13,15-16H2,1H3/t19-/m1/s1. The van der Waals surface area contributed by atoms with Crippen molar-refractivity contribution in [3.8, 4) is 5.75 Å². The Bertz CT molecular complexity index is 634. The summed E-state index contributed by atoms with van der Waals surface area (Å²) in [6.45, 7) is 5.81. The zero-order valence-electron chi connectivity index (χ0n) is 15.8. The van der Waals surface area contributed by atoms with Crippen molar-refractivity contribution >= 4 is 5.91 Å². The number of piperidine rings is 1. The minimum absolute atomic E-state index is 0.169. The lowest BCUT2D eigenvalue weighted by molar-refractivity contribution is -0.143. The van der Waals surface area contributed by atoms with Gasteiger partial charge in [0.15, 0.2) is 0 Å². The third-order valence-electron chi connectivity index (χ3n) is 6.40. The number of amides is 1. The number of hydrogen-bond donors (Lipinski definition) is 0. The Morgan fingerprint density at radius 2 is 2.08 bits per heavy atom. The van der Waals surface area contributed by atoms with Gasteiger partial charge in [-0.25, -0.2) is 0 Å². The summed E-state index contributed by atoms with van der Waals surface area (Å²) in [7, 11) is 1.72. The Balaban J connectivity index is 1.30. The van der Waals surface area contributed by atoms with Crippen molar-refractivity contribution in [2.75, 3.05) is 39.9 Å². The van der Waals surface area contributed by atoms with E-state index in [1.807, 2.05) is 11.0 Å². The van der Waals surface area contributed by atoms with Crippen molar-refractivity contribution in [1.82, 2.24) is 9.80 Å². The molecule has 0 aliphatic carbocycles. The fourth-order valence-electron chi connectivity index (χ4n) is 4.78. The Labute approximate surface area is 156 Å². The van der Waals surface area contributed by atoms with Gasteiger partial charge in [-0.2, -0.15) is 0 Å². The summed E-state index contributed by atoms with van der Waals surface area (Å²) >= 11 is 0. The normalized spacial score (nSPS) is 25.7. The third kappa shape index (κ3) is 3.74. The second-order valence-electron chi connectivity index (χ2n) is 8.14. The molecule has 142 valence electrons. The van der Waals surface area contributed by atoms with Gasteiger partial charge in [-0.05, 0) is 61.8 Å². The van der Waals surface area contributed by atoms with Crippen LogP contribution in [0, 0.1) is 5.41 Å². The van der Waals surface area contributed by atoms with Gasteiger partial charge >= 0.3 is 0 Å². The van der Waals surface area contributed by atoms with E-state index in [1.165, 1.54) is 12.0 Å². The van der Waals surface area contributed by atoms with Crippen LogP contribution in [0.15, 0.2) is 24.3 Å². The fraction of sp³-hybridized carbons (Fsp3) is 0.667. The summed E-state index contributed by atoms with van der Waals surface area (Å²) in [5, 5.41) is 0. The lowest BCUT2D eigenvalue weighted by Crippen LogP contribution is -2.47. The van der Waals surface area contributed by atoms with E-state index in [-0.39, 0.29) is 12.0 Å². The predicted molar refractivity (Wildman–Crippen MR) is 100 cm³/mol. The Morgan fingerprint density at radius 3 is 2.81 bits per heavy atom. The average Bonchev–Trinajstić information content (AvgIpc) is 3.33. The van der Waals surface area contributed by atoms with Crippen LogP contribution in [0.5, 0.6) is 5.75 Å². The molecule has 1 atom stereocenters. The molecule has 1 aromatic carbocycles. The van der Waals surface area contributed by atoms with Crippen LogP contribution in [0.25, 0.3) is 0 Å². The van der Waals surface area contributed by atoms with E-state index in [2.05, 4.69) is 23.1 Å². The van der Waals surface area contributed by atoms with E-state index in [9.17, 15) is 4.79 Å². The molecule has 3 aliphatic rings. The van der Waals surface area contributed by atoms with Crippen LogP contribution in [0.1, 0.15) is 37.7 Å². The van der Waals surface area contributed by atoms with Gasteiger partial charge in [-0.1, -0.05) is 12.1 Å². The van der Waals surface area contributed by atoms with Crippen LogP contribution in [0.3, 0.4) is 0 Å². The highest BCUT2D eigenvalue weighted by Crippen LogP contribution is 2.41. The van der Waals surface area contributed by atoms with Gasteiger partial charge in [0, 0.05) is 32.8 Å². The van der Waals surface area contributed by atoms with Crippen LogP contribution in [0.4, 0.5) is 0 Å². The highest BCUT2D eigenvalue weighted by atomic mass is 16.5. The minimum Gasteiger partial charge on any atom is -0.497 e. The molecule has 3 heterocycles. The first-order valence-electron chi connectivity index (χ1n) is 9.93. The Morgan fingerprint density at radius 1 is 1.27 bits per heavy atom. The molecule has 26 heavy (non-hydrogen) atoms. The van der Waals surface area contributed by atoms with E-state index in [0.29, 0.717) is 5.41 Å². The van der Waals surface area contributed by atoms with Crippen molar-refractivity contribution < 1.29 is 14.3 Å². The SMILES string of the molecule is COc1cccc(CN2CCC3(CCN(C(=O)[C@H]4CCCO4)CC3)C2)c1. The van der Waals surface area contributed by atoms with Crippen molar-refractivity contribution in [1.29, 1.82) is 0 Å². The molecule has 0 aromatic heterocycles. The van der Waals surface area contributed by atoms with Crippen LogP contribution in [-0.2, 0) is 16.1 Å². The zero-order valence-corrected chi connectivity index (χ0v) is 15.8. The van der Waals surface area contributed by atoms with Gasteiger partial charge in [0.25, 0.3) is 5.91 Å². The fourth-order valence-corrected chi connectivity index (χ4v) is 4.78. The number of ether oxygens (including phenoxy) is 2. The topological polar surface area (TPSA) is 42.0 Å². The second-order valence-corrected chi connectivity index (χ2v) is 8.14. The Kier molecular flexibility index (Phi) is 5.18. The largest absolute Gasteiger partial charge is 0.497 e. The number of methoxy groups -OCH3 is 1. The second kappa shape index (κ2) is 7.57. The molecule has 1 aromatic rings. The predicted octanol–water partition coefficient (Wildman–Crippen LogP) is 2.69. The summed E-state index contributed by atoms with van der Waals surface area (Å²) in [6, 6.07) is 8.37. The first kappa shape index (κ1) is 17.8. The van der Waals surface area contributed by atoms with Crippen LogP contribution in [0.2, 0.25) is 0 Å². The summed E-state index contributed by atoms with van der Waals surface area (Å²) in [6.07, 6.45) is 5.25. The van der Waals surface area contributed by atoms with Gasteiger partial charge in [-0.3, -0.25) is 9.69 Å². The van der Waals surface area contributed by atoms with E-state index < -0.39 is 0 Å². The van der Waals surface area contributed by atoms with Crippen LogP contribution < -0.4 is 4.74 Å². The Hall–Kier alpha value is -1.59. The molecule has 3 aliphatic heterocycles. The van der Waals surface area contributed by atoms with Crippen molar-refractivity contribution in [3.05, 3.63) is 29.8 Å². The molecule has 0 radical (unpaired) electrons. The molecule has 3 fully saturated rings. The summed E-state index contributed by atoms with van der Waals surface area (Å²) in [5.41, 5.74) is 1.71. The van der Waals surface area contributed by atoms with Gasteiger partial charge < -0.3 is 14.4 Å². The molecule has 4 rings (SSSR count). The molecular formula is C21H30N2O3. The van der Waals surface area contributed by atoms with Crippen molar-refractivity contribution in [3.63, 3.8) is 0 Å². The minimum atomic E-state index is -0.169. The molecule has 0 unspecified atom stereocenters. The zero-order chi connectivity index (χ0) is 18.0. The molecule has 0 N–H and O–H groups in total. The molecule has 5 nitrogen and oxygen atoms in total. The maximum absolute atomic E-state index is 12.5. The summed E-state index contributed by atoms with van der Waals surface area (Å²) in [5.74, 6) is 1.15.